The number of carbonyl (C=O) groups excluding carboxylic acids is 1. The van der Waals surface area contributed by atoms with Crippen LogP contribution in [0, 0.1) is 23.3 Å². The monoisotopic (exact) mass is 296 g/mol. The van der Waals surface area contributed by atoms with Gasteiger partial charge in [0.05, 0.1) is 18.4 Å². The van der Waals surface area contributed by atoms with Crippen molar-refractivity contribution in [3.63, 3.8) is 0 Å². The summed E-state index contributed by atoms with van der Waals surface area (Å²) >= 11 is 0. The fourth-order valence-corrected chi connectivity index (χ4v) is 3.35. The van der Waals surface area contributed by atoms with Crippen LogP contribution in [-0.4, -0.2) is 39.7 Å². The average Bonchev–Trinajstić information content (AvgIpc) is 2.82. The van der Waals surface area contributed by atoms with E-state index >= 15 is 0 Å². The van der Waals surface area contributed by atoms with E-state index in [2.05, 4.69) is 31.1 Å². The normalized spacial score (nSPS) is 32.5. The van der Waals surface area contributed by atoms with Gasteiger partial charge in [0.25, 0.3) is 0 Å². The first-order chi connectivity index (χ1) is 9.40. The lowest BCUT2D eigenvalue weighted by molar-refractivity contribution is -0.143. The number of carbonyl (C=O) groups is 1. The fraction of sp³-hybridized carbons (Fsp3) is 0.800. The Bertz CT molecular complexity index is 418. The molecular formula is C15H24O4Si. The highest BCUT2D eigenvalue weighted by atomic mass is 28.3. The number of rotatable bonds is 4. The van der Waals surface area contributed by atoms with E-state index in [4.69, 9.17) is 14.2 Å². The van der Waals surface area contributed by atoms with E-state index in [0.29, 0.717) is 19.8 Å². The standard InChI is InChI=1S/C15H24O4Si/c1-5-17-10-18-13-9-14-12(8-15(16)19-14)11(13)6-7-20(2,3)4/h11-14H,5,8-10H2,1-4H3/t11-,12-,13-,14+/m1/s1. The Morgan fingerprint density at radius 2 is 2.15 bits per heavy atom. The summed E-state index contributed by atoms with van der Waals surface area (Å²) in [5, 5.41) is 0. The second-order valence-electron chi connectivity index (χ2n) is 6.49. The summed E-state index contributed by atoms with van der Waals surface area (Å²) in [6, 6.07) is 0. The summed E-state index contributed by atoms with van der Waals surface area (Å²) in [5.41, 5.74) is 3.41. The smallest absolute Gasteiger partial charge is 0.306 e. The largest absolute Gasteiger partial charge is 0.462 e. The summed E-state index contributed by atoms with van der Waals surface area (Å²) in [7, 11) is -1.43. The van der Waals surface area contributed by atoms with Crippen molar-refractivity contribution in [2.45, 2.75) is 51.6 Å². The maximum absolute atomic E-state index is 11.4. The first-order valence-corrected chi connectivity index (χ1v) is 10.8. The first-order valence-electron chi connectivity index (χ1n) is 7.32. The van der Waals surface area contributed by atoms with E-state index in [0.717, 1.165) is 6.42 Å². The third-order valence-electron chi connectivity index (χ3n) is 3.67. The average molecular weight is 296 g/mol. The summed E-state index contributed by atoms with van der Waals surface area (Å²) < 4.78 is 16.4. The highest BCUT2D eigenvalue weighted by Crippen LogP contribution is 2.42. The van der Waals surface area contributed by atoms with Crippen LogP contribution in [0.3, 0.4) is 0 Å². The van der Waals surface area contributed by atoms with E-state index in [1.165, 1.54) is 0 Å². The fourth-order valence-electron chi connectivity index (χ4n) is 2.75. The minimum absolute atomic E-state index is 0.0185. The molecule has 0 N–H and O–H groups in total. The SMILES string of the molecule is CCOCO[C@@H]1C[C@@H]2OC(=O)C[C@@H]2[C@H]1C#C[Si](C)(C)C. The van der Waals surface area contributed by atoms with Crippen molar-refractivity contribution in [3.8, 4) is 11.5 Å². The Balaban J connectivity index is 2.07. The molecule has 0 spiro atoms. The Morgan fingerprint density at radius 1 is 1.40 bits per heavy atom. The van der Waals surface area contributed by atoms with Crippen LogP contribution in [0.25, 0.3) is 0 Å². The number of ether oxygens (including phenoxy) is 3. The highest BCUT2D eigenvalue weighted by Gasteiger charge is 2.50. The van der Waals surface area contributed by atoms with Crippen LogP contribution in [-0.2, 0) is 19.0 Å². The van der Waals surface area contributed by atoms with E-state index < -0.39 is 8.07 Å². The molecule has 1 saturated heterocycles. The molecule has 4 nitrogen and oxygen atoms in total. The van der Waals surface area contributed by atoms with Crippen molar-refractivity contribution in [1.82, 2.24) is 0 Å². The molecule has 0 unspecified atom stereocenters. The van der Waals surface area contributed by atoms with Crippen LogP contribution < -0.4 is 0 Å². The summed E-state index contributed by atoms with van der Waals surface area (Å²) in [5.74, 6) is 3.58. The molecule has 4 atom stereocenters. The van der Waals surface area contributed by atoms with Gasteiger partial charge in [-0.3, -0.25) is 4.79 Å². The van der Waals surface area contributed by atoms with Crippen molar-refractivity contribution < 1.29 is 19.0 Å². The Kier molecular flexibility index (Phi) is 4.89. The predicted octanol–water partition coefficient (Wildman–Crippen LogP) is 2.20. The lowest BCUT2D eigenvalue weighted by Gasteiger charge is -2.18. The Morgan fingerprint density at radius 3 is 2.80 bits per heavy atom. The quantitative estimate of drug-likeness (QED) is 0.262. The summed E-state index contributed by atoms with van der Waals surface area (Å²) in [6.07, 6.45) is 1.22. The minimum atomic E-state index is -1.43. The molecule has 1 aliphatic heterocycles. The van der Waals surface area contributed by atoms with Crippen molar-refractivity contribution in [1.29, 1.82) is 0 Å². The molecule has 0 amide bonds. The third-order valence-corrected chi connectivity index (χ3v) is 4.57. The van der Waals surface area contributed by atoms with E-state index in [1.807, 2.05) is 6.92 Å². The predicted molar refractivity (Wildman–Crippen MR) is 78.6 cm³/mol. The van der Waals surface area contributed by atoms with Gasteiger partial charge in [0.1, 0.15) is 21.0 Å². The topological polar surface area (TPSA) is 44.8 Å². The molecule has 1 heterocycles. The zero-order valence-electron chi connectivity index (χ0n) is 12.8. The Hall–Kier alpha value is -0.833. The number of fused-ring (bicyclic) bond motifs is 1. The molecule has 2 fully saturated rings. The van der Waals surface area contributed by atoms with Crippen molar-refractivity contribution >= 4 is 14.0 Å². The molecule has 0 aromatic heterocycles. The number of hydrogen-bond donors (Lipinski definition) is 0. The zero-order valence-corrected chi connectivity index (χ0v) is 13.8. The molecule has 0 aromatic carbocycles. The number of hydrogen-bond acceptors (Lipinski definition) is 4. The van der Waals surface area contributed by atoms with Gasteiger partial charge in [-0.05, 0) is 6.92 Å². The lowest BCUT2D eigenvalue weighted by atomic mass is 9.93. The maximum Gasteiger partial charge on any atom is 0.306 e. The van der Waals surface area contributed by atoms with E-state index in [9.17, 15) is 4.79 Å². The van der Waals surface area contributed by atoms with E-state index in [1.54, 1.807) is 0 Å². The van der Waals surface area contributed by atoms with Gasteiger partial charge in [0, 0.05) is 18.9 Å². The van der Waals surface area contributed by atoms with Crippen molar-refractivity contribution in [2.24, 2.45) is 11.8 Å². The molecule has 20 heavy (non-hydrogen) atoms. The molecule has 1 aliphatic carbocycles. The molecule has 112 valence electrons. The molecule has 0 bridgehead atoms. The molecule has 0 radical (unpaired) electrons. The van der Waals surface area contributed by atoms with Gasteiger partial charge >= 0.3 is 5.97 Å². The van der Waals surface area contributed by atoms with Gasteiger partial charge in [-0.15, -0.1) is 11.5 Å². The van der Waals surface area contributed by atoms with Crippen molar-refractivity contribution in [2.75, 3.05) is 13.4 Å². The van der Waals surface area contributed by atoms with Crippen molar-refractivity contribution in [3.05, 3.63) is 0 Å². The van der Waals surface area contributed by atoms with Crippen LogP contribution in [0.15, 0.2) is 0 Å². The van der Waals surface area contributed by atoms with Crippen LogP contribution in [0.2, 0.25) is 19.6 Å². The second-order valence-corrected chi connectivity index (χ2v) is 11.2. The second kappa shape index (κ2) is 6.29. The molecular weight excluding hydrogens is 272 g/mol. The van der Waals surface area contributed by atoms with Gasteiger partial charge in [0.15, 0.2) is 0 Å². The van der Waals surface area contributed by atoms with Gasteiger partial charge in [-0.1, -0.05) is 19.6 Å². The summed E-state index contributed by atoms with van der Waals surface area (Å²) in [6.45, 7) is 9.53. The Labute approximate surface area is 122 Å². The summed E-state index contributed by atoms with van der Waals surface area (Å²) in [4.78, 5) is 11.4. The maximum atomic E-state index is 11.4. The van der Waals surface area contributed by atoms with E-state index in [-0.39, 0.29) is 30.0 Å². The highest BCUT2D eigenvalue weighted by molar-refractivity contribution is 6.83. The van der Waals surface area contributed by atoms with Crippen LogP contribution in [0.1, 0.15) is 19.8 Å². The third kappa shape index (κ3) is 3.84. The molecule has 0 aromatic rings. The molecule has 1 saturated carbocycles. The van der Waals surface area contributed by atoms with Gasteiger partial charge in [-0.2, -0.15) is 0 Å². The lowest BCUT2D eigenvalue weighted by Crippen LogP contribution is -2.25. The van der Waals surface area contributed by atoms with Crippen LogP contribution in [0.4, 0.5) is 0 Å². The first kappa shape index (κ1) is 15.6. The zero-order chi connectivity index (χ0) is 14.8. The van der Waals surface area contributed by atoms with Crippen LogP contribution in [0.5, 0.6) is 0 Å². The minimum Gasteiger partial charge on any atom is -0.462 e. The van der Waals surface area contributed by atoms with Gasteiger partial charge in [0.2, 0.25) is 0 Å². The molecule has 2 rings (SSSR count). The van der Waals surface area contributed by atoms with Crippen LogP contribution >= 0.6 is 0 Å². The van der Waals surface area contributed by atoms with Gasteiger partial charge < -0.3 is 14.2 Å². The molecule has 2 aliphatic rings. The molecule has 5 heteroatoms. The number of esters is 1. The van der Waals surface area contributed by atoms with Gasteiger partial charge in [-0.25, -0.2) is 0 Å².